The average Bonchev–Trinajstić information content (AvgIpc) is 2.79. The Hall–Kier alpha value is -3.04. The summed E-state index contributed by atoms with van der Waals surface area (Å²) in [6, 6.07) is 13.7. The van der Waals surface area contributed by atoms with E-state index in [0.29, 0.717) is 41.7 Å². The van der Waals surface area contributed by atoms with Gasteiger partial charge >= 0.3 is 5.97 Å². The molecule has 0 saturated carbocycles. The zero-order chi connectivity index (χ0) is 23.3. The summed E-state index contributed by atoms with van der Waals surface area (Å²) in [5.41, 5.74) is 0.861. The molecule has 0 aliphatic rings. The number of benzene rings is 2. The summed E-state index contributed by atoms with van der Waals surface area (Å²) in [5, 5.41) is 5.43. The number of carbonyl (C=O) groups excluding carboxylic acids is 3. The normalized spacial score (nSPS) is 11.3. The molecule has 1 unspecified atom stereocenters. The molecule has 0 bridgehead atoms. The number of carbonyl (C=O) groups is 3. The molecule has 0 aromatic heterocycles. The van der Waals surface area contributed by atoms with Crippen molar-refractivity contribution in [3.8, 4) is 5.75 Å². The van der Waals surface area contributed by atoms with Gasteiger partial charge in [-0.15, -0.1) is 11.8 Å². The molecule has 8 nitrogen and oxygen atoms in total. The highest BCUT2D eigenvalue weighted by Crippen LogP contribution is 2.24. The Morgan fingerprint density at radius 3 is 2.47 bits per heavy atom. The van der Waals surface area contributed by atoms with Gasteiger partial charge in [0.2, 0.25) is 5.91 Å². The fourth-order valence-corrected chi connectivity index (χ4v) is 3.44. The molecule has 32 heavy (non-hydrogen) atoms. The van der Waals surface area contributed by atoms with Crippen LogP contribution in [0.3, 0.4) is 0 Å². The lowest BCUT2D eigenvalue weighted by Gasteiger charge is -2.15. The van der Waals surface area contributed by atoms with E-state index < -0.39 is 18.0 Å². The first-order valence-electron chi connectivity index (χ1n) is 10.2. The van der Waals surface area contributed by atoms with E-state index in [1.54, 1.807) is 55.6 Å². The smallest absolute Gasteiger partial charge is 0.340 e. The highest BCUT2D eigenvalue weighted by molar-refractivity contribution is 8.00. The van der Waals surface area contributed by atoms with E-state index in [9.17, 15) is 14.4 Å². The van der Waals surface area contributed by atoms with Crippen LogP contribution in [-0.2, 0) is 19.1 Å². The number of nitrogens with one attached hydrogen (secondary N) is 2. The summed E-state index contributed by atoms with van der Waals surface area (Å²) in [4.78, 5) is 37.6. The fourth-order valence-electron chi connectivity index (χ4n) is 2.57. The molecule has 0 radical (unpaired) electrons. The fraction of sp³-hybridized carbons (Fsp3) is 0.348. The Labute approximate surface area is 192 Å². The molecule has 0 heterocycles. The van der Waals surface area contributed by atoms with Crippen LogP contribution in [0.1, 0.15) is 24.2 Å². The summed E-state index contributed by atoms with van der Waals surface area (Å²) >= 11 is 1.22. The number of anilines is 1. The summed E-state index contributed by atoms with van der Waals surface area (Å²) in [6.07, 6.45) is -1.01. The quantitative estimate of drug-likeness (QED) is 0.285. The zero-order valence-corrected chi connectivity index (χ0v) is 19.2. The van der Waals surface area contributed by atoms with Gasteiger partial charge in [0.15, 0.2) is 6.10 Å². The van der Waals surface area contributed by atoms with Gasteiger partial charge in [0, 0.05) is 24.2 Å². The second kappa shape index (κ2) is 13.4. The van der Waals surface area contributed by atoms with Crippen LogP contribution in [-0.4, -0.2) is 56.5 Å². The van der Waals surface area contributed by atoms with Gasteiger partial charge in [-0.05, 0) is 50.2 Å². The van der Waals surface area contributed by atoms with E-state index in [1.807, 2.05) is 6.92 Å². The number of ether oxygens (including phenoxy) is 3. The molecule has 9 heteroatoms. The van der Waals surface area contributed by atoms with Crippen LogP contribution < -0.4 is 15.4 Å². The van der Waals surface area contributed by atoms with Crippen molar-refractivity contribution in [1.29, 1.82) is 0 Å². The highest BCUT2D eigenvalue weighted by atomic mass is 32.2. The summed E-state index contributed by atoms with van der Waals surface area (Å²) < 4.78 is 15.6. The lowest BCUT2D eigenvalue weighted by atomic mass is 10.2. The first-order chi connectivity index (χ1) is 15.4. The monoisotopic (exact) mass is 460 g/mol. The topological polar surface area (TPSA) is 103 Å². The molecule has 1 atom stereocenters. The van der Waals surface area contributed by atoms with Crippen molar-refractivity contribution in [2.45, 2.75) is 24.8 Å². The minimum absolute atomic E-state index is 0.141. The second-order valence-electron chi connectivity index (χ2n) is 6.62. The van der Waals surface area contributed by atoms with Crippen molar-refractivity contribution >= 4 is 35.2 Å². The Morgan fingerprint density at radius 2 is 1.78 bits per heavy atom. The largest absolute Gasteiger partial charge is 0.494 e. The molecule has 2 N–H and O–H groups in total. The van der Waals surface area contributed by atoms with E-state index in [1.165, 1.54) is 18.7 Å². The molecule has 2 aromatic rings. The zero-order valence-electron chi connectivity index (χ0n) is 18.4. The van der Waals surface area contributed by atoms with Gasteiger partial charge in [0.25, 0.3) is 5.91 Å². The molecular weight excluding hydrogens is 432 g/mol. The summed E-state index contributed by atoms with van der Waals surface area (Å²) in [6.45, 7) is 4.79. The van der Waals surface area contributed by atoms with Gasteiger partial charge in [0.05, 0.1) is 24.5 Å². The third-order valence-electron chi connectivity index (χ3n) is 4.18. The van der Waals surface area contributed by atoms with E-state index in [2.05, 4.69) is 10.6 Å². The maximum Gasteiger partial charge on any atom is 0.340 e. The average molecular weight is 461 g/mol. The van der Waals surface area contributed by atoms with Gasteiger partial charge in [-0.1, -0.05) is 12.1 Å². The number of methoxy groups -OCH3 is 1. The van der Waals surface area contributed by atoms with Gasteiger partial charge in [-0.2, -0.15) is 0 Å². The van der Waals surface area contributed by atoms with Crippen LogP contribution in [0.4, 0.5) is 5.69 Å². The van der Waals surface area contributed by atoms with E-state index in [4.69, 9.17) is 14.2 Å². The molecule has 2 rings (SSSR count). The first-order valence-corrected chi connectivity index (χ1v) is 11.1. The maximum absolute atomic E-state index is 12.7. The van der Waals surface area contributed by atoms with Crippen LogP contribution in [0.25, 0.3) is 0 Å². The molecule has 0 fully saturated rings. The molecule has 172 valence electrons. The van der Waals surface area contributed by atoms with Crippen molar-refractivity contribution in [2.24, 2.45) is 0 Å². The van der Waals surface area contributed by atoms with Crippen LogP contribution in [0.5, 0.6) is 5.75 Å². The van der Waals surface area contributed by atoms with Gasteiger partial charge in [-0.25, -0.2) is 4.79 Å². The Balaban J connectivity index is 1.92. The Kier molecular flexibility index (Phi) is 10.6. The molecule has 2 amide bonds. The number of esters is 1. The van der Waals surface area contributed by atoms with E-state index in [0.717, 1.165) is 0 Å². The Morgan fingerprint density at radius 1 is 1.06 bits per heavy atom. The number of rotatable bonds is 12. The van der Waals surface area contributed by atoms with Crippen molar-refractivity contribution < 1.29 is 28.6 Å². The standard InChI is InChI=1S/C23H28N2O6S/c1-4-30-18-11-9-17(10-12-18)25-22(27)16(2)31-23(28)19-7-5-6-8-20(19)32-15-21(26)24-13-14-29-3/h5-12,16H,4,13-15H2,1-3H3,(H,24,26)(H,25,27). The molecule has 0 saturated heterocycles. The molecule has 0 aliphatic heterocycles. The van der Waals surface area contributed by atoms with Crippen LogP contribution >= 0.6 is 11.8 Å². The van der Waals surface area contributed by atoms with E-state index in [-0.39, 0.29) is 11.7 Å². The SMILES string of the molecule is CCOc1ccc(NC(=O)C(C)OC(=O)c2ccccc2SCC(=O)NCCOC)cc1. The number of hydrogen-bond donors (Lipinski definition) is 2. The lowest BCUT2D eigenvalue weighted by Crippen LogP contribution is -2.30. The summed E-state index contributed by atoms with van der Waals surface area (Å²) in [5.74, 6) is -0.418. The third kappa shape index (κ3) is 8.24. The Bertz CT molecular complexity index is 904. The predicted molar refractivity (Wildman–Crippen MR) is 123 cm³/mol. The molecular formula is C23H28N2O6S. The molecule has 2 aromatic carbocycles. The summed E-state index contributed by atoms with van der Waals surface area (Å²) in [7, 11) is 1.56. The minimum atomic E-state index is -1.01. The molecule has 0 aliphatic carbocycles. The van der Waals surface area contributed by atoms with E-state index >= 15 is 0 Å². The van der Waals surface area contributed by atoms with Gasteiger partial charge < -0.3 is 24.8 Å². The van der Waals surface area contributed by atoms with Crippen molar-refractivity contribution in [1.82, 2.24) is 5.32 Å². The minimum Gasteiger partial charge on any atom is -0.494 e. The van der Waals surface area contributed by atoms with Crippen LogP contribution in [0, 0.1) is 0 Å². The highest BCUT2D eigenvalue weighted by Gasteiger charge is 2.21. The second-order valence-corrected chi connectivity index (χ2v) is 7.64. The lowest BCUT2D eigenvalue weighted by molar-refractivity contribution is -0.123. The van der Waals surface area contributed by atoms with Gasteiger partial charge in [-0.3, -0.25) is 9.59 Å². The number of hydrogen-bond acceptors (Lipinski definition) is 7. The molecule has 0 spiro atoms. The first kappa shape index (κ1) is 25.2. The maximum atomic E-state index is 12.7. The van der Waals surface area contributed by atoms with Crippen molar-refractivity contribution in [2.75, 3.05) is 37.9 Å². The van der Waals surface area contributed by atoms with Crippen molar-refractivity contribution in [3.05, 3.63) is 54.1 Å². The van der Waals surface area contributed by atoms with Crippen LogP contribution in [0.2, 0.25) is 0 Å². The van der Waals surface area contributed by atoms with Crippen LogP contribution in [0.15, 0.2) is 53.4 Å². The predicted octanol–water partition coefficient (Wildman–Crippen LogP) is 3.12. The number of amides is 2. The third-order valence-corrected chi connectivity index (χ3v) is 5.25. The number of thioether (sulfide) groups is 1. The van der Waals surface area contributed by atoms with Crippen molar-refractivity contribution in [3.63, 3.8) is 0 Å². The van der Waals surface area contributed by atoms with Gasteiger partial charge in [0.1, 0.15) is 5.75 Å².